The highest BCUT2D eigenvalue weighted by Gasteiger charge is 2.28. The first-order chi connectivity index (χ1) is 10.4. The molecule has 2 heterocycles. The lowest BCUT2D eigenvalue weighted by Gasteiger charge is -2.05. The number of nitrogens with one attached hydrogen (secondary N) is 1. The van der Waals surface area contributed by atoms with Crippen molar-refractivity contribution in [3.8, 4) is 5.75 Å². The van der Waals surface area contributed by atoms with Crippen LogP contribution in [0.3, 0.4) is 0 Å². The predicted octanol–water partition coefficient (Wildman–Crippen LogP) is 0.841. The fraction of sp³-hybridized carbons (Fsp3) is 0.429. The molecular formula is C14H16N4O4. The number of hydrogen-bond acceptors (Lipinski definition) is 6. The second kappa shape index (κ2) is 5.28. The molecule has 0 bridgehead atoms. The van der Waals surface area contributed by atoms with Crippen LogP contribution in [0.1, 0.15) is 36.2 Å². The van der Waals surface area contributed by atoms with E-state index >= 15 is 0 Å². The molecule has 116 valence electrons. The number of nitrogens with zero attached hydrogens (tertiary/aromatic N) is 3. The van der Waals surface area contributed by atoms with Gasteiger partial charge in [0.15, 0.2) is 11.5 Å². The molecule has 0 aromatic carbocycles. The van der Waals surface area contributed by atoms with E-state index in [9.17, 15) is 14.7 Å². The van der Waals surface area contributed by atoms with Crippen LogP contribution in [0.4, 0.5) is 5.69 Å². The summed E-state index contributed by atoms with van der Waals surface area (Å²) in [7, 11) is 1.72. The fourth-order valence-electron chi connectivity index (χ4n) is 2.15. The second-order valence-corrected chi connectivity index (χ2v) is 5.41. The molecule has 1 aliphatic rings. The van der Waals surface area contributed by atoms with E-state index < -0.39 is 11.5 Å². The Morgan fingerprint density at radius 1 is 1.55 bits per heavy atom. The summed E-state index contributed by atoms with van der Waals surface area (Å²) in [6.07, 6.45) is 2.12. The monoisotopic (exact) mass is 304 g/mol. The molecule has 1 fully saturated rings. The van der Waals surface area contributed by atoms with Crippen LogP contribution in [0, 0.1) is 6.92 Å². The van der Waals surface area contributed by atoms with Crippen LogP contribution < -0.4 is 10.9 Å². The van der Waals surface area contributed by atoms with Crippen LogP contribution in [0.2, 0.25) is 0 Å². The molecule has 0 spiro atoms. The van der Waals surface area contributed by atoms with Crippen LogP contribution in [0.15, 0.2) is 15.3 Å². The molecule has 0 aliphatic heterocycles. The standard InChI is InChI=1S/C14H16N4O4/c1-7-5-9(19)12(14(21)22-7)16-11(20)6-10-15-13(8-3-4-8)17-18(10)2/h5,8,19H,3-4,6H2,1-2H3,(H,16,20). The summed E-state index contributed by atoms with van der Waals surface area (Å²) in [6.45, 7) is 1.53. The zero-order valence-electron chi connectivity index (χ0n) is 12.3. The molecule has 1 aliphatic carbocycles. The molecule has 3 rings (SSSR count). The van der Waals surface area contributed by atoms with Gasteiger partial charge in [-0.25, -0.2) is 9.78 Å². The maximum atomic E-state index is 12.0. The summed E-state index contributed by atoms with van der Waals surface area (Å²) >= 11 is 0. The number of hydrogen-bond donors (Lipinski definition) is 2. The van der Waals surface area contributed by atoms with Gasteiger partial charge in [0.1, 0.15) is 17.3 Å². The number of aromatic nitrogens is 3. The lowest BCUT2D eigenvalue weighted by atomic mass is 10.3. The minimum Gasteiger partial charge on any atom is -0.505 e. The van der Waals surface area contributed by atoms with Crippen molar-refractivity contribution >= 4 is 11.6 Å². The van der Waals surface area contributed by atoms with Gasteiger partial charge < -0.3 is 14.8 Å². The Hall–Kier alpha value is -2.64. The maximum Gasteiger partial charge on any atom is 0.363 e. The topological polar surface area (TPSA) is 110 Å². The highest BCUT2D eigenvalue weighted by molar-refractivity contribution is 5.92. The van der Waals surface area contributed by atoms with Gasteiger partial charge in [0.05, 0.1) is 6.42 Å². The van der Waals surface area contributed by atoms with Crippen molar-refractivity contribution in [1.82, 2.24) is 14.8 Å². The molecule has 0 saturated heterocycles. The zero-order chi connectivity index (χ0) is 15.9. The SMILES string of the molecule is Cc1cc(O)c(NC(=O)Cc2nc(C3CC3)nn2C)c(=O)o1. The molecule has 0 atom stereocenters. The third-order valence-corrected chi connectivity index (χ3v) is 3.45. The minimum atomic E-state index is -0.789. The third-order valence-electron chi connectivity index (χ3n) is 3.45. The normalized spacial score (nSPS) is 14.1. The molecule has 0 radical (unpaired) electrons. The molecule has 8 heteroatoms. The summed E-state index contributed by atoms with van der Waals surface area (Å²) in [4.78, 5) is 28.0. The summed E-state index contributed by atoms with van der Waals surface area (Å²) < 4.78 is 6.40. The molecule has 1 amide bonds. The smallest absolute Gasteiger partial charge is 0.363 e. The van der Waals surface area contributed by atoms with E-state index in [1.165, 1.54) is 13.0 Å². The molecule has 2 aromatic heterocycles. The highest BCUT2D eigenvalue weighted by Crippen LogP contribution is 2.38. The first kappa shape index (κ1) is 14.3. The highest BCUT2D eigenvalue weighted by atomic mass is 16.4. The van der Waals surface area contributed by atoms with Crippen molar-refractivity contribution < 1.29 is 14.3 Å². The Labute approximate surface area is 125 Å². The van der Waals surface area contributed by atoms with Crippen molar-refractivity contribution in [1.29, 1.82) is 0 Å². The average molecular weight is 304 g/mol. The lowest BCUT2D eigenvalue weighted by Crippen LogP contribution is -2.21. The summed E-state index contributed by atoms with van der Waals surface area (Å²) in [5.74, 6) is 1.14. The second-order valence-electron chi connectivity index (χ2n) is 5.41. The van der Waals surface area contributed by atoms with E-state index in [1.807, 2.05) is 0 Å². The minimum absolute atomic E-state index is 0.0387. The summed E-state index contributed by atoms with van der Waals surface area (Å²) in [6, 6.07) is 1.27. The van der Waals surface area contributed by atoms with Crippen LogP contribution in [0.25, 0.3) is 0 Å². The van der Waals surface area contributed by atoms with Gasteiger partial charge in [-0.2, -0.15) is 5.10 Å². The largest absolute Gasteiger partial charge is 0.505 e. The van der Waals surface area contributed by atoms with Crippen LogP contribution >= 0.6 is 0 Å². The number of rotatable bonds is 4. The Morgan fingerprint density at radius 2 is 2.27 bits per heavy atom. The predicted molar refractivity (Wildman–Crippen MR) is 76.7 cm³/mol. The van der Waals surface area contributed by atoms with Crippen molar-refractivity contribution in [2.24, 2.45) is 7.05 Å². The Balaban J connectivity index is 1.74. The van der Waals surface area contributed by atoms with Gasteiger partial charge in [0, 0.05) is 19.0 Å². The third kappa shape index (κ3) is 2.85. The average Bonchev–Trinajstić information content (AvgIpc) is 3.20. The van der Waals surface area contributed by atoms with Gasteiger partial charge in [0.2, 0.25) is 5.91 Å². The van der Waals surface area contributed by atoms with Gasteiger partial charge in [-0.1, -0.05) is 0 Å². The summed E-state index contributed by atoms with van der Waals surface area (Å²) in [5.41, 5.74) is -1.05. The van der Waals surface area contributed by atoms with E-state index in [4.69, 9.17) is 4.42 Å². The number of carbonyl (C=O) groups is 1. The van der Waals surface area contributed by atoms with Crippen LogP contribution in [-0.4, -0.2) is 25.8 Å². The molecule has 0 unspecified atom stereocenters. The molecule has 2 N–H and O–H groups in total. The van der Waals surface area contributed by atoms with E-state index in [1.54, 1.807) is 11.7 Å². The number of aryl methyl sites for hydroxylation is 2. The Bertz CT molecular complexity index is 789. The summed E-state index contributed by atoms with van der Waals surface area (Å²) in [5, 5.41) is 16.4. The Morgan fingerprint density at radius 3 is 2.91 bits per heavy atom. The van der Waals surface area contributed by atoms with Crippen molar-refractivity contribution in [3.63, 3.8) is 0 Å². The van der Waals surface area contributed by atoms with Gasteiger partial charge in [-0.3, -0.25) is 9.48 Å². The van der Waals surface area contributed by atoms with Gasteiger partial charge in [0.25, 0.3) is 0 Å². The molecule has 1 saturated carbocycles. The number of amides is 1. The fourth-order valence-corrected chi connectivity index (χ4v) is 2.15. The van der Waals surface area contributed by atoms with Crippen molar-refractivity contribution in [3.05, 3.63) is 33.9 Å². The van der Waals surface area contributed by atoms with Gasteiger partial charge in [-0.05, 0) is 19.8 Å². The number of anilines is 1. The van der Waals surface area contributed by atoms with Crippen LogP contribution in [0.5, 0.6) is 5.75 Å². The van der Waals surface area contributed by atoms with E-state index in [-0.39, 0.29) is 23.6 Å². The van der Waals surface area contributed by atoms with Crippen molar-refractivity contribution in [2.45, 2.75) is 32.1 Å². The van der Waals surface area contributed by atoms with E-state index in [0.717, 1.165) is 18.7 Å². The molecular weight excluding hydrogens is 288 g/mol. The number of aromatic hydroxyl groups is 1. The first-order valence-electron chi connectivity index (χ1n) is 6.97. The molecule has 2 aromatic rings. The number of carbonyl (C=O) groups excluding carboxylic acids is 1. The quantitative estimate of drug-likeness (QED) is 0.866. The van der Waals surface area contributed by atoms with Crippen molar-refractivity contribution in [2.75, 3.05) is 5.32 Å². The Kier molecular flexibility index (Phi) is 3.44. The maximum absolute atomic E-state index is 12.0. The molecule has 22 heavy (non-hydrogen) atoms. The zero-order valence-corrected chi connectivity index (χ0v) is 12.3. The van der Waals surface area contributed by atoms with E-state index in [0.29, 0.717) is 11.7 Å². The van der Waals surface area contributed by atoms with E-state index in [2.05, 4.69) is 15.4 Å². The van der Waals surface area contributed by atoms with Gasteiger partial charge >= 0.3 is 5.63 Å². The van der Waals surface area contributed by atoms with Gasteiger partial charge in [-0.15, -0.1) is 0 Å². The molecule has 8 nitrogen and oxygen atoms in total. The first-order valence-corrected chi connectivity index (χ1v) is 6.97. The lowest BCUT2D eigenvalue weighted by molar-refractivity contribution is -0.115. The van der Waals surface area contributed by atoms with Crippen LogP contribution in [-0.2, 0) is 18.3 Å².